The molecule has 1 heterocycles. The summed E-state index contributed by atoms with van der Waals surface area (Å²) in [5.41, 5.74) is 7.97. The third-order valence-electron chi connectivity index (χ3n) is 4.37. The van der Waals surface area contributed by atoms with Crippen molar-refractivity contribution < 1.29 is 9.13 Å². The fraction of sp³-hybridized carbons (Fsp3) is 0.0500. The summed E-state index contributed by atoms with van der Waals surface area (Å²) in [7, 11) is 0. The third-order valence-corrected chi connectivity index (χ3v) is 4.86. The molecule has 0 amide bonds. The van der Waals surface area contributed by atoms with Crippen molar-refractivity contribution in [3.63, 3.8) is 0 Å². The highest BCUT2D eigenvalue weighted by molar-refractivity contribution is 9.10. The van der Waals surface area contributed by atoms with E-state index >= 15 is 0 Å². The normalized spacial score (nSPS) is 16.3. The molecule has 0 fully saturated rings. The van der Waals surface area contributed by atoms with Crippen molar-refractivity contribution in [2.45, 2.75) is 5.92 Å². The SMILES string of the molecule is N#CC1=C(N)Oc2ccc3cc(Br)ccc3c2[C@@H]1c1ccc(F)cc1. The number of halogens is 2. The lowest BCUT2D eigenvalue weighted by Gasteiger charge is -2.28. The van der Waals surface area contributed by atoms with Crippen molar-refractivity contribution in [2.75, 3.05) is 0 Å². The third kappa shape index (κ3) is 2.55. The summed E-state index contributed by atoms with van der Waals surface area (Å²) in [6, 6.07) is 18.0. The number of fused-ring (bicyclic) bond motifs is 3. The minimum absolute atomic E-state index is 0.0841. The van der Waals surface area contributed by atoms with Crippen LogP contribution in [0.2, 0.25) is 0 Å². The van der Waals surface area contributed by atoms with Crippen LogP contribution in [0.25, 0.3) is 10.8 Å². The maximum atomic E-state index is 13.4. The Hall–Kier alpha value is -2.84. The number of ether oxygens (including phenoxy) is 1. The molecule has 3 aromatic carbocycles. The van der Waals surface area contributed by atoms with E-state index in [4.69, 9.17) is 10.5 Å². The van der Waals surface area contributed by atoms with Gasteiger partial charge in [0.1, 0.15) is 23.2 Å². The largest absolute Gasteiger partial charge is 0.440 e. The quantitative estimate of drug-likeness (QED) is 0.634. The van der Waals surface area contributed by atoms with Crippen molar-refractivity contribution in [2.24, 2.45) is 5.73 Å². The molecule has 0 radical (unpaired) electrons. The Morgan fingerprint density at radius 2 is 1.84 bits per heavy atom. The van der Waals surface area contributed by atoms with E-state index in [1.807, 2.05) is 30.3 Å². The molecule has 0 aliphatic carbocycles. The molecular weight excluding hydrogens is 383 g/mol. The van der Waals surface area contributed by atoms with Gasteiger partial charge in [-0.1, -0.05) is 40.2 Å². The average molecular weight is 395 g/mol. The van der Waals surface area contributed by atoms with Crippen LogP contribution in [-0.4, -0.2) is 0 Å². The van der Waals surface area contributed by atoms with E-state index in [0.29, 0.717) is 11.3 Å². The van der Waals surface area contributed by atoms with Gasteiger partial charge in [0.25, 0.3) is 0 Å². The summed E-state index contributed by atoms with van der Waals surface area (Å²) in [4.78, 5) is 0. The first-order valence-corrected chi connectivity index (χ1v) is 8.43. The van der Waals surface area contributed by atoms with Crippen molar-refractivity contribution in [3.05, 3.63) is 87.5 Å². The van der Waals surface area contributed by atoms with Crippen molar-refractivity contribution in [1.29, 1.82) is 5.26 Å². The molecule has 1 aliphatic heterocycles. The van der Waals surface area contributed by atoms with Gasteiger partial charge in [-0.05, 0) is 46.7 Å². The maximum absolute atomic E-state index is 13.4. The molecule has 1 atom stereocenters. The van der Waals surface area contributed by atoms with Crippen LogP contribution in [0.3, 0.4) is 0 Å². The van der Waals surface area contributed by atoms with Gasteiger partial charge in [-0.15, -0.1) is 0 Å². The Kier molecular flexibility index (Phi) is 3.70. The lowest BCUT2D eigenvalue weighted by Crippen LogP contribution is -2.21. The molecule has 1 aliphatic rings. The minimum atomic E-state index is -0.403. The second kappa shape index (κ2) is 5.91. The molecule has 0 aromatic heterocycles. The monoisotopic (exact) mass is 394 g/mol. The summed E-state index contributed by atoms with van der Waals surface area (Å²) in [5, 5.41) is 11.6. The van der Waals surface area contributed by atoms with Crippen LogP contribution < -0.4 is 10.5 Å². The topological polar surface area (TPSA) is 59.0 Å². The highest BCUT2D eigenvalue weighted by atomic mass is 79.9. The van der Waals surface area contributed by atoms with Gasteiger partial charge >= 0.3 is 0 Å². The van der Waals surface area contributed by atoms with Gasteiger partial charge in [-0.2, -0.15) is 5.26 Å². The molecule has 0 unspecified atom stereocenters. The van der Waals surface area contributed by atoms with E-state index in [9.17, 15) is 9.65 Å². The zero-order valence-electron chi connectivity index (χ0n) is 13.0. The molecule has 0 saturated heterocycles. The zero-order chi connectivity index (χ0) is 17.6. The van der Waals surface area contributed by atoms with Crippen LogP contribution in [0.5, 0.6) is 5.75 Å². The first-order chi connectivity index (χ1) is 12.1. The number of nitrogens with two attached hydrogens (primary N) is 1. The summed E-state index contributed by atoms with van der Waals surface area (Å²) in [5.74, 6) is -0.0333. The summed E-state index contributed by atoms with van der Waals surface area (Å²) in [6.45, 7) is 0. The number of hydrogen-bond donors (Lipinski definition) is 1. The van der Waals surface area contributed by atoms with E-state index in [-0.39, 0.29) is 11.7 Å². The highest BCUT2D eigenvalue weighted by Gasteiger charge is 2.32. The van der Waals surface area contributed by atoms with Crippen LogP contribution in [0.4, 0.5) is 4.39 Å². The molecule has 122 valence electrons. The Morgan fingerprint density at radius 3 is 2.56 bits per heavy atom. The van der Waals surface area contributed by atoms with Gasteiger partial charge in [0, 0.05) is 10.0 Å². The van der Waals surface area contributed by atoms with Crippen LogP contribution >= 0.6 is 15.9 Å². The first-order valence-electron chi connectivity index (χ1n) is 7.63. The van der Waals surface area contributed by atoms with E-state index in [0.717, 1.165) is 26.4 Å². The molecular formula is C20H12BrFN2O. The van der Waals surface area contributed by atoms with Gasteiger partial charge in [0.05, 0.1) is 5.92 Å². The maximum Gasteiger partial charge on any atom is 0.205 e. The summed E-state index contributed by atoms with van der Waals surface area (Å²) in [6.07, 6.45) is 0. The van der Waals surface area contributed by atoms with E-state index < -0.39 is 5.92 Å². The van der Waals surface area contributed by atoms with Crippen LogP contribution in [0.1, 0.15) is 17.0 Å². The molecule has 3 aromatic rings. The van der Waals surface area contributed by atoms with Crippen molar-refractivity contribution in [1.82, 2.24) is 0 Å². The predicted molar refractivity (Wildman–Crippen MR) is 97.3 cm³/mol. The molecule has 0 spiro atoms. The van der Waals surface area contributed by atoms with Crippen LogP contribution in [0.15, 0.2) is 70.5 Å². The number of hydrogen-bond acceptors (Lipinski definition) is 3. The van der Waals surface area contributed by atoms with E-state index in [1.54, 1.807) is 12.1 Å². The Balaban J connectivity index is 2.05. The highest BCUT2D eigenvalue weighted by Crippen LogP contribution is 2.45. The lowest BCUT2D eigenvalue weighted by molar-refractivity contribution is 0.395. The predicted octanol–water partition coefficient (Wildman–Crippen LogP) is 4.96. The van der Waals surface area contributed by atoms with Gasteiger partial charge in [-0.25, -0.2) is 4.39 Å². The van der Waals surface area contributed by atoms with Gasteiger partial charge < -0.3 is 10.5 Å². The second-order valence-electron chi connectivity index (χ2n) is 5.82. The molecule has 0 saturated carbocycles. The molecule has 3 nitrogen and oxygen atoms in total. The number of benzene rings is 3. The lowest BCUT2D eigenvalue weighted by atomic mass is 9.81. The molecule has 25 heavy (non-hydrogen) atoms. The first kappa shape index (κ1) is 15.7. The molecule has 2 N–H and O–H groups in total. The zero-order valence-corrected chi connectivity index (χ0v) is 14.5. The fourth-order valence-corrected chi connectivity index (χ4v) is 3.64. The van der Waals surface area contributed by atoms with E-state index in [2.05, 4.69) is 22.0 Å². The number of nitrogens with zero attached hydrogens (tertiary/aromatic N) is 1. The Bertz CT molecular complexity index is 1070. The smallest absolute Gasteiger partial charge is 0.205 e. The van der Waals surface area contributed by atoms with Crippen molar-refractivity contribution >= 4 is 26.7 Å². The van der Waals surface area contributed by atoms with E-state index in [1.165, 1.54) is 12.1 Å². The van der Waals surface area contributed by atoms with Crippen LogP contribution in [0, 0.1) is 17.1 Å². The average Bonchev–Trinajstić information content (AvgIpc) is 2.61. The number of nitriles is 1. The summed E-state index contributed by atoms with van der Waals surface area (Å²) >= 11 is 3.48. The Labute approximate surface area is 152 Å². The van der Waals surface area contributed by atoms with Crippen molar-refractivity contribution in [3.8, 4) is 11.8 Å². The molecule has 5 heteroatoms. The Morgan fingerprint density at radius 1 is 1.08 bits per heavy atom. The number of rotatable bonds is 1. The van der Waals surface area contributed by atoms with Gasteiger partial charge in [-0.3, -0.25) is 0 Å². The van der Waals surface area contributed by atoms with Crippen LogP contribution in [-0.2, 0) is 0 Å². The molecule has 0 bridgehead atoms. The van der Waals surface area contributed by atoms with Gasteiger partial charge in [0.15, 0.2) is 0 Å². The number of allylic oxidation sites excluding steroid dienone is 1. The fourth-order valence-electron chi connectivity index (χ4n) is 3.26. The molecule has 4 rings (SSSR count). The standard InChI is InChI=1S/C20H12BrFN2O/c21-13-4-7-15-12(9-13)3-8-17-19(15)18(16(10-23)20(24)25-17)11-1-5-14(22)6-2-11/h1-9,18H,24H2/t18-/m1/s1. The second-order valence-corrected chi connectivity index (χ2v) is 6.73. The summed E-state index contributed by atoms with van der Waals surface area (Å²) < 4.78 is 20.0. The minimum Gasteiger partial charge on any atom is -0.440 e. The van der Waals surface area contributed by atoms with Gasteiger partial charge in [0.2, 0.25) is 5.88 Å².